The molecule has 0 aliphatic heterocycles. The van der Waals surface area contributed by atoms with E-state index in [1.54, 1.807) is 6.92 Å². The highest BCUT2D eigenvalue weighted by atomic mass is 19.2. The summed E-state index contributed by atoms with van der Waals surface area (Å²) in [6.07, 6.45) is 0. The van der Waals surface area contributed by atoms with Gasteiger partial charge < -0.3 is 9.84 Å². The SMILES string of the molecule is Cc1noc(NCc2cccc(F)c2F)n1. The molecule has 0 bridgehead atoms. The summed E-state index contributed by atoms with van der Waals surface area (Å²) in [4.78, 5) is 3.87. The van der Waals surface area contributed by atoms with Crippen molar-refractivity contribution in [3.05, 3.63) is 41.2 Å². The molecular weight excluding hydrogens is 216 g/mol. The number of aryl methyl sites for hydroxylation is 1. The van der Waals surface area contributed by atoms with E-state index in [4.69, 9.17) is 4.52 Å². The van der Waals surface area contributed by atoms with E-state index in [-0.39, 0.29) is 18.1 Å². The number of rotatable bonds is 3. The summed E-state index contributed by atoms with van der Waals surface area (Å²) in [5.74, 6) is -1.27. The van der Waals surface area contributed by atoms with Crippen LogP contribution in [0.1, 0.15) is 11.4 Å². The first kappa shape index (κ1) is 10.5. The van der Waals surface area contributed by atoms with Crippen molar-refractivity contribution in [2.75, 3.05) is 5.32 Å². The molecule has 2 rings (SSSR count). The van der Waals surface area contributed by atoms with Gasteiger partial charge in [-0.05, 0) is 13.0 Å². The molecule has 2 aromatic rings. The molecule has 0 atom stereocenters. The summed E-state index contributed by atoms with van der Waals surface area (Å²) in [5.41, 5.74) is 0.204. The van der Waals surface area contributed by atoms with Crippen LogP contribution in [-0.4, -0.2) is 10.1 Å². The van der Waals surface area contributed by atoms with Crippen LogP contribution in [0.2, 0.25) is 0 Å². The summed E-state index contributed by atoms with van der Waals surface area (Å²) in [6, 6.07) is 4.17. The highest BCUT2D eigenvalue weighted by Gasteiger charge is 2.08. The van der Waals surface area contributed by atoms with Crippen molar-refractivity contribution < 1.29 is 13.3 Å². The lowest BCUT2D eigenvalue weighted by atomic mass is 10.2. The van der Waals surface area contributed by atoms with Gasteiger partial charge in [0.2, 0.25) is 0 Å². The van der Waals surface area contributed by atoms with E-state index < -0.39 is 11.6 Å². The molecule has 4 nitrogen and oxygen atoms in total. The number of hydrogen-bond donors (Lipinski definition) is 1. The molecule has 16 heavy (non-hydrogen) atoms. The van der Waals surface area contributed by atoms with Crippen molar-refractivity contribution in [3.8, 4) is 0 Å². The smallest absolute Gasteiger partial charge is 0.321 e. The standard InChI is InChI=1S/C10H9F2N3O/c1-6-14-10(16-15-6)13-5-7-3-2-4-8(11)9(7)12/h2-4H,5H2,1H3,(H,13,14,15). The molecule has 0 aliphatic rings. The second kappa shape index (κ2) is 4.26. The van der Waals surface area contributed by atoms with Crippen LogP contribution in [0.15, 0.2) is 22.7 Å². The molecule has 1 aromatic carbocycles. The van der Waals surface area contributed by atoms with Gasteiger partial charge in [-0.2, -0.15) is 4.98 Å². The first-order chi connectivity index (χ1) is 7.66. The van der Waals surface area contributed by atoms with Gasteiger partial charge in [0.1, 0.15) is 0 Å². The molecule has 0 saturated carbocycles. The van der Waals surface area contributed by atoms with E-state index in [0.717, 1.165) is 6.07 Å². The molecule has 0 saturated heterocycles. The van der Waals surface area contributed by atoms with E-state index in [1.807, 2.05) is 0 Å². The van der Waals surface area contributed by atoms with Crippen LogP contribution < -0.4 is 5.32 Å². The number of anilines is 1. The number of nitrogens with one attached hydrogen (secondary N) is 1. The predicted octanol–water partition coefficient (Wildman–Crippen LogP) is 2.27. The number of halogens is 2. The lowest BCUT2D eigenvalue weighted by Gasteiger charge is -2.03. The van der Waals surface area contributed by atoms with Crippen molar-refractivity contribution in [2.45, 2.75) is 13.5 Å². The highest BCUT2D eigenvalue weighted by molar-refractivity contribution is 5.25. The Morgan fingerprint density at radius 3 is 2.88 bits per heavy atom. The molecule has 0 unspecified atom stereocenters. The van der Waals surface area contributed by atoms with Crippen LogP contribution >= 0.6 is 0 Å². The Morgan fingerprint density at radius 1 is 1.38 bits per heavy atom. The Kier molecular flexibility index (Phi) is 2.80. The lowest BCUT2D eigenvalue weighted by Crippen LogP contribution is -2.03. The van der Waals surface area contributed by atoms with E-state index in [1.165, 1.54) is 12.1 Å². The molecule has 6 heteroatoms. The minimum Gasteiger partial charge on any atom is -0.334 e. The molecule has 0 fully saturated rings. The summed E-state index contributed by atoms with van der Waals surface area (Å²) in [5, 5.41) is 6.26. The maximum Gasteiger partial charge on any atom is 0.321 e. The topological polar surface area (TPSA) is 51.0 Å². The second-order valence-electron chi connectivity index (χ2n) is 3.21. The Bertz CT molecular complexity index is 499. The summed E-state index contributed by atoms with van der Waals surface area (Å²) in [6.45, 7) is 1.75. The third kappa shape index (κ3) is 2.16. The average molecular weight is 225 g/mol. The fraction of sp³-hybridized carbons (Fsp3) is 0.200. The third-order valence-electron chi connectivity index (χ3n) is 1.99. The first-order valence-electron chi connectivity index (χ1n) is 4.64. The number of nitrogens with zero attached hydrogens (tertiary/aromatic N) is 2. The normalized spacial score (nSPS) is 10.4. The number of aromatic nitrogens is 2. The Labute approximate surface area is 90.3 Å². The van der Waals surface area contributed by atoms with Crippen molar-refractivity contribution in [3.63, 3.8) is 0 Å². The van der Waals surface area contributed by atoms with Gasteiger partial charge in [0.15, 0.2) is 17.5 Å². The molecular formula is C10H9F2N3O. The van der Waals surface area contributed by atoms with Crippen molar-refractivity contribution in [2.24, 2.45) is 0 Å². The molecule has 0 spiro atoms. The summed E-state index contributed by atoms with van der Waals surface area (Å²) < 4.78 is 30.9. The zero-order valence-corrected chi connectivity index (χ0v) is 8.50. The maximum absolute atomic E-state index is 13.2. The van der Waals surface area contributed by atoms with Crippen molar-refractivity contribution in [1.29, 1.82) is 0 Å². The Morgan fingerprint density at radius 2 is 2.19 bits per heavy atom. The quantitative estimate of drug-likeness (QED) is 0.870. The highest BCUT2D eigenvalue weighted by Crippen LogP contribution is 2.13. The van der Waals surface area contributed by atoms with E-state index in [0.29, 0.717) is 5.82 Å². The van der Waals surface area contributed by atoms with Crippen LogP contribution in [-0.2, 0) is 6.54 Å². The number of hydrogen-bond acceptors (Lipinski definition) is 4. The molecule has 1 heterocycles. The van der Waals surface area contributed by atoms with Crippen LogP contribution in [0, 0.1) is 18.6 Å². The van der Waals surface area contributed by atoms with Gasteiger partial charge in [-0.3, -0.25) is 0 Å². The van der Waals surface area contributed by atoms with E-state index in [2.05, 4.69) is 15.5 Å². The van der Waals surface area contributed by atoms with Gasteiger partial charge >= 0.3 is 6.01 Å². The third-order valence-corrected chi connectivity index (χ3v) is 1.99. The summed E-state index contributed by atoms with van der Waals surface area (Å²) >= 11 is 0. The van der Waals surface area contributed by atoms with Crippen LogP contribution in [0.3, 0.4) is 0 Å². The van der Waals surface area contributed by atoms with Gasteiger partial charge in [-0.25, -0.2) is 8.78 Å². The largest absolute Gasteiger partial charge is 0.334 e. The molecule has 0 radical (unpaired) electrons. The van der Waals surface area contributed by atoms with Crippen molar-refractivity contribution in [1.82, 2.24) is 10.1 Å². The minimum absolute atomic E-state index is 0.0885. The van der Waals surface area contributed by atoms with Gasteiger partial charge in [0.05, 0.1) is 0 Å². The van der Waals surface area contributed by atoms with Gasteiger partial charge in [0, 0.05) is 12.1 Å². The van der Waals surface area contributed by atoms with Crippen molar-refractivity contribution >= 4 is 6.01 Å². The minimum atomic E-state index is -0.874. The molecule has 84 valence electrons. The zero-order chi connectivity index (χ0) is 11.5. The fourth-order valence-corrected chi connectivity index (χ4v) is 1.22. The summed E-state index contributed by atoms with van der Waals surface area (Å²) in [7, 11) is 0. The second-order valence-corrected chi connectivity index (χ2v) is 3.21. The molecule has 0 aliphatic carbocycles. The van der Waals surface area contributed by atoms with Gasteiger partial charge in [-0.1, -0.05) is 17.3 Å². The predicted molar refractivity (Wildman–Crippen MR) is 52.7 cm³/mol. The van der Waals surface area contributed by atoms with Gasteiger partial charge in [-0.15, -0.1) is 0 Å². The molecule has 1 N–H and O–H groups in total. The zero-order valence-electron chi connectivity index (χ0n) is 8.50. The van der Waals surface area contributed by atoms with Crippen LogP contribution in [0.4, 0.5) is 14.8 Å². The maximum atomic E-state index is 13.2. The Hall–Kier alpha value is -1.98. The average Bonchev–Trinajstić information content (AvgIpc) is 2.67. The van der Waals surface area contributed by atoms with Crippen LogP contribution in [0.5, 0.6) is 0 Å². The van der Waals surface area contributed by atoms with Gasteiger partial charge in [0.25, 0.3) is 0 Å². The Balaban J connectivity index is 2.07. The van der Waals surface area contributed by atoms with E-state index in [9.17, 15) is 8.78 Å². The monoisotopic (exact) mass is 225 g/mol. The molecule has 1 aromatic heterocycles. The van der Waals surface area contributed by atoms with E-state index >= 15 is 0 Å². The lowest BCUT2D eigenvalue weighted by molar-refractivity contribution is 0.424. The van der Waals surface area contributed by atoms with Crippen LogP contribution in [0.25, 0.3) is 0 Å². The first-order valence-corrected chi connectivity index (χ1v) is 4.64. The number of benzene rings is 1. The fourth-order valence-electron chi connectivity index (χ4n) is 1.22. The molecule has 0 amide bonds.